The SMILES string of the molecule is C[C@@H]1CN=C(c2ccc(NC(=O)Nc3cc(C(=O)Nc4ccc(C5=NC[C@@H](C)N5)cc4)ccc3C(=O)Nc3ccc(C4=NC[C@H](C)N4)cc3)cc2)N1. The average Bonchev–Trinajstić information content (AvgIpc) is 3.90. The second-order valence-electron chi connectivity index (χ2n) is 13.2. The molecule has 0 radical (unpaired) electrons. The molecule has 3 aliphatic rings. The number of amidine groups is 3. The lowest BCUT2D eigenvalue weighted by Gasteiger charge is -2.15. The third-order valence-corrected chi connectivity index (χ3v) is 8.74. The minimum absolute atomic E-state index is 0.155. The molecule has 3 atom stereocenters. The molecule has 7 N–H and O–H groups in total. The number of rotatable bonds is 9. The first-order valence-electron chi connectivity index (χ1n) is 17.3. The monoisotopic (exact) mass is 696 g/mol. The molecule has 264 valence electrons. The van der Waals surface area contributed by atoms with Gasteiger partial charge in [0.05, 0.1) is 30.9 Å². The molecule has 52 heavy (non-hydrogen) atoms. The van der Waals surface area contributed by atoms with Gasteiger partial charge in [-0.15, -0.1) is 0 Å². The van der Waals surface area contributed by atoms with Crippen LogP contribution >= 0.6 is 0 Å². The van der Waals surface area contributed by atoms with E-state index in [0.717, 1.165) is 40.7 Å². The normalized spacial score (nSPS) is 18.9. The van der Waals surface area contributed by atoms with E-state index in [4.69, 9.17) is 0 Å². The average molecular weight is 697 g/mol. The van der Waals surface area contributed by atoms with Gasteiger partial charge in [-0.05, 0) is 112 Å². The van der Waals surface area contributed by atoms with E-state index < -0.39 is 17.8 Å². The van der Waals surface area contributed by atoms with Crippen molar-refractivity contribution < 1.29 is 14.4 Å². The molecule has 13 nitrogen and oxygen atoms in total. The molecule has 0 saturated heterocycles. The Kier molecular flexibility index (Phi) is 9.65. The van der Waals surface area contributed by atoms with Gasteiger partial charge in [-0.2, -0.15) is 0 Å². The van der Waals surface area contributed by atoms with Crippen LogP contribution in [0.2, 0.25) is 0 Å². The number of carbonyl (C=O) groups excluding carboxylic acids is 3. The quantitative estimate of drug-likeness (QED) is 0.129. The standard InChI is InChI=1S/C39H40N10O3/c1-22-19-40-34(43-22)25-4-11-29(12-5-25)46-37(50)28-10-17-32(38(51)47-30-13-6-26(7-14-30)35-41-20-23(2)44-35)33(18-28)49-39(52)48-31-15-8-27(9-16-31)36-42-21-24(3)45-36/h4-18,22-24H,19-21H2,1-3H3,(H,40,43)(H,41,44)(H,42,45)(H,46,50)(H,47,51)(H2,48,49,52)/t22-,23+,24-/m1/s1. The molecule has 0 aromatic heterocycles. The first-order chi connectivity index (χ1) is 25.2. The van der Waals surface area contributed by atoms with Gasteiger partial charge >= 0.3 is 6.03 Å². The van der Waals surface area contributed by atoms with E-state index in [1.165, 1.54) is 12.1 Å². The van der Waals surface area contributed by atoms with Gasteiger partial charge in [0, 0.05) is 57.4 Å². The van der Waals surface area contributed by atoms with Gasteiger partial charge in [-0.3, -0.25) is 24.6 Å². The zero-order valence-corrected chi connectivity index (χ0v) is 29.1. The third kappa shape index (κ3) is 7.94. The summed E-state index contributed by atoms with van der Waals surface area (Å²) in [4.78, 5) is 53.9. The summed E-state index contributed by atoms with van der Waals surface area (Å²) < 4.78 is 0. The van der Waals surface area contributed by atoms with Crippen LogP contribution in [0.25, 0.3) is 0 Å². The van der Waals surface area contributed by atoms with Crippen LogP contribution in [0.15, 0.2) is 106 Å². The molecule has 7 rings (SSSR count). The Balaban J connectivity index is 1.08. The highest BCUT2D eigenvalue weighted by atomic mass is 16.2. The highest BCUT2D eigenvalue weighted by Crippen LogP contribution is 2.23. The summed E-state index contributed by atoms with van der Waals surface area (Å²) in [6.07, 6.45) is 0. The summed E-state index contributed by atoms with van der Waals surface area (Å²) in [6, 6.07) is 26.8. The molecule has 4 amide bonds. The fourth-order valence-corrected chi connectivity index (χ4v) is 5.99. The summed E-state index contributed by atoms with van der Waals surface area (Å²) in [5, 5.41) is 21.4. The number of anilines is 4. The van der Waals surface area contributed by atoms with Gasteiger partial charge in [0.1, 0.15) is 17.5 Å². The third-order valence-electron chi connectivity index (χ3n) is 8.74. The van der Waals surface area contributed by atoms with Crippen molar-refractivity contribution in [3.63, 3.8) is 0 Å². The first-order valence-corrected chi connectivity index (χ1v) is 17.3. The smallest absolute Gasteiger partial charge is 0.323 e. The maximum absolute atomic E-state index is 13.6. The van der Waals surface area contributed by atoms with Gasteiger partial charge in [-0.25, -0.2) is 4.79 Å². The highest BCUT2D eigenvalue weighted by Gasteiger charge is 2.20. The van der Waals surface area contributed by atoms with Crippen LogP contribution in [0.3, 0.4) is 0 Å². The van der Waals surface area contributed by atoms with Crippen LogP contribution in [0.1, 0.15) is 58.2 Å². The number of amides is 4. The Morgan fingerprint density at radius 2 is 0.923 bits per heavy atom. The number of urea groups is 1. The van der Waals surface area contributed by atoms with Crippen molar-refractivity contribution in [3.8, 4) is 0 Å². The van der Waals surface area contributed by atoms with E-state index in [0.29, 0.717) is 30.2 Å². The maximum Gasteiger partial charge on any atom is 0.323 e. The lowest BCUT2D eigenvalue weighted by Crippen LogP contribution is -2.27. The zero-order chi connectivity index (χ0) is 36.2. The van der Waals surface area contributed by atoms with Gasteiger partial charge < -0.3 is 37.2 Å². The van der Waals surface area contributed by atoms with Crippen LogP contribution in [0, 0.1) is 0 Å². The number of carbonyl (C=O) groups is 3. The van der Waals surface area contributed by atoms with Gasteiger partial charge in [0.25, 0.3) is 11.8 Å². The van der Waals surface area contributed by atoms with Crippen molar-refractivity contribution in [2.75, 3.05) is 40.9 Å². The van der Waals surface area contributed by atoms with Crippen LogP contribution in [0.5, 0.6) is 0 Å². The number of hydrogen-bond acceptors (Lipinski definition) is 9. The largest absolute Gasteiger partial charge is 0.366 e. The molecule has 4 aromatic rings. The van der Waals surface area contributed by atoms with Crippen molar-refractivity contribution >= 4 is 58.1 Å². The molecule has 4 aromatic carbocycles. The molecule has 0 bridgehead atoms. The van der Waals surface area contributed by atoms with Crippen LogP contribution < -0.4 is 37.2 Å². The number of benzene rings is 4. The molecule has 0 spiro atoms. The number of aliphatic imine (C=N–C) groups is 3. The van der Waals surface area contributed by atoms with E-state index >= 15 is 0 Å². The Morgan fingerprint density at radius 3 is 1.33 bits per heavy atom. The Hall–Kier alpha value is -6.50. The second kappa shape index (κ2) is 14.8. The molecule has 3 heterocycles. The van der Waals surface area contributed by atoms with E-state index in [1.54, 1.807) is 42.5 Å². The number of nitrogens with zero attached hydrogens (tertiary/aromatic N) is 3. The van der Waals surface area contributed by atoms with E-state index in [1.807, 2.05) is 36.4 Å². The predicted octanol–water partition coefficient (Wildman–Crippen LogP) is 5.05. The van der Waals surface area contributed by atoms with Crippen LogP contribution in [0.4, 0.5) is 27.5 Å². The maximum atomic E-state index is 13.6. The molecular formula is C39H40N10O3. The van der Waals surface area contributed by atoms with E-state index in [9.17, 15) is 14.4 Å². The summed E-state index contributed by atoms with van der Waals surface area (Å²) in [5.74, 6) is 1.58. The van der Waals surface area contributed by atoms with E-state index in [-0.39, 0.29) is 34.9 Å². The molecule has 0 fully saturated rings. The van der Waals surface area contributed by atoms with Crippen molar-refractivity contribution in [2.45, 2.75) is 38.9 Å². The fourth-order valence-electron chi connectivity index (χ4n) is 5.99. The minimum atomic E-state index is -0.582. The lowest BCUT2D eigenvalue weighted by atomic mass is 10.1. The van der Waals surface area contributed by atoms with Crippen molar-refractivity contribution in [2.24, 2.45) is 15.0 Å². The number of hydrogen-bond donors (Lipinski definition) is 7. The molecule has 0 aliphatic carbocycles. The van der Waals surface area contributed by atoms with Crippen molar-refractivity contribution in [3.05, 3.63) is 119 Å². The predicted molar refractivity (Wildman–Crippen MR) is 206 cm³/mol. The lowest BCUT2D eigenvalue weighted by molar-refractivity contribution is 0.101. The Labute approximate surface area is 301 Å². The summed E-state index contributed by atoms with van der Waals surface area (Å²) in [5.41, 5.74) is 5.02. The first kappa shape index (κ1) is 34.0. The van der Waals surface area contributed by atoms with Gasteiger partial charge in [0.15, 0.2) is 0 Å². The Bertz CT molecular complexity index is 2090. The van der Waals surface area contributed by atoms with Crippen LogP contribution in [-0.2, 0) is 0 Å². The fraction of sp³-hybridized carbons (Fsp3) is 0.231. The summed E-state index contributed by atoms with van der Waals surface area (Å²) in [6.45, 7) is 8.33. The van der Waals surface area contributed by atoms with Gasteiger partial charge in [-0.1, -0.05) is 0 Å². The summed E-state index contributed by atoms with van der Waals surface area (Å²) in [7, 11) is 0. The molecule has 0 unspecified atom stereocenters. The number of nitrogens with one attached hydrogen (secondary N) is 7. The topological polar surface area (TPSA) is 172 Å². The highest BCUT2D eigenvalue weighted by molar-refractivity contribution is 6.14. The molecular weight excluding hydrogens is 656 g/mol. The molecule has 0 saturated carbocycles. The minimum Gasteiger partial charge on any atom is -0.366 e. The van der Waals surface area contributed by atoms with Gasteiger partial charge in [0.2, 0.25) is 0 Å². The second-order valence-corrected chi connectivity index (χ2v) is 13.2. The molecule has 13 heteroatoms. The molecule has 3 aliphatic heterocycles. The summed E-state index contributed by atoms with van der Waals surface area (Å²) >= 11 is 0. The Morgan fingerprint density at radius 1 is 0.519 bits per heavy atom. The van der Waals surface area contributed by atoms with Crippen molar-refractivity contribution in [1.82, 2.24) is 16.0 Å². The van der Waals surface area contributed by atoms with Crippen molar-refractivity contribution in [1.29, 1.82) is 0 Å². The van der Waals surface area contributed by atoms with Crippen LogP contribution in [-0.4, -0.2) is 73.1 Å². The zero-order valence-electron chi connectivity index (χ0n) is 29.1. The van der Waals surface area contributed by atoms with E-state index in [2.05, 4.69) is 73.0 Å².